The zero-order chi connectivity index (χ0) is 8.55. The van der Waals surface area contributed by atoms with E-state index in [1.807, 2.05) is 0 Å². The van der Waals surface area contributed by atoms with Gasteiger partial charge in [0.05, 0.1) is 0 Å². The quantitative estimate of drug-likeness (QED) is 0.507. The molecule has 0 aliphatic heterocycles. The molecule has 0 aromatic heterocycles. The Morgan fingerprint density at radius 2 is 1.42 bits per heavy atom. The molecule has 0 aromatic rings. The molecule has 0 unspecified atom stereocenters. The van der Waals surface area contributed by atoms with E-state index >= 15 is 0 Å². The van der Waals surface area contributed by atoms with Crippen molar-refractivity contribution in [3.05, 3.63) is 47.6 Å². The fraction of sp³-hybridized carbons (Fsp3) is 0.333. The summed E-state index contributed by atoms with van der Waals surface area (Å²) in [5, 5.41) is 0. The summed E-state index contributed by atoms with van der Waals surface area (Å²) < 4.78 is 0. The van der Waals surface area contributed by atoms with Crippen molar-refractivity contribution in [2.24, 2.45) is 11.8 Å². The number of fused-ring (bicyclic) bond motifs is 1. The minimum atomic E-state index is 0.611. The highest BCUT2D eigenvalue weighted by Gasteiger charge is 2.23. The maximum absolute atomic E-state index is 2.28. The first-order valence-corrected chi connectivity index (χ1v) is 4.49. The Balaban J connectivity index is 2.38. The Hall–Kier alpha value is -1.04. The van der Waals surface area contributed by atoms with Crippen molar-refractivity contribution in [2.45, 2.75) is 13.8 Å². The van der Waals surface area contributed by atoms with E-state index in [0.29, 0.717) is 11.8 Å². The van der Waals surface area contributed by atoms with Gasteiger partial charge in [0, 0.05) is 11.8 Å². The van der Waals surface area contributed by atoms with E-state index < -0.39 is 0 Å². The van der Waals surface area contributed by atoms with Gasteiger partial charge in [-0.15, -0.1) is 0 Å². The minimum absolute atomic E-state index is 0.611. The second-order valence-corrected chi connectivity index (χ2v) is 3.65. The van der Waals surface area contributed by atoms with E-state index in [-0.39, 0.29) is 0 Å². The van der Waals surface area contributed by atoms with Gasteiger partial charge in [-0.3, -0.25) is 0 Å². The van der Waals surface area contributed by atoms with Gasteiger partial charge in [0.15, 0.2) is 0 Å². The van der Waals surface area contributed by atoms with Crippen molar-refractivity contribution in [3.63, 3.8) is 0 Å². The molecule has 0 heteroatoms. The topological polar surface area (TPSA) is 0 Å². The van der Waals surface area contributed by atoms with Crippen molar-refractivity contribution < 1.29 is 0 Å². The lowest BCUT2D eigenvalue weighted by Crippen LogP contribution is -2.17. The molecule has 0 spiro atoms. The van der Waals surface area contributed by atoms with Crippen molar-refractivity contribution in [3.8, 4) is 0 Å². The van der Waals surface area contributed by atoms with Crippen LogP contribution in [0.4, 0.5) is 0 Å². The zero-order valence-electron chi connectivity index (χ0n) is 7.62. The Morgan fingerprint density at radius 1 is 0.917 bits per heavy atom. The van der Waals surface area contributed by atoms with Gasteiger partial charge in [0.2, 0.25) is 0 Å². The molecule has 0 amide bonds. The number of hydrogen-bond donors (Lipinski definition) is 0. The maximum atomic E-state index is 2.28. The van der Waals surface area contributed by atoms with E-state index in [9.17, 15) is 0 Å². The van der Waals surface area contributed by atoms with Crippen LogP contribution in [-0.4, -0.2) is 0 Å². The molecular weight excluding hydrogens is 144 g/mol. The third-order valence-corrected chi connectivity index (χ3v) is 2.75. The Kier molecular flexibility index (Phi) is 1.76. The summed E-state index contributed by atoms with van der Waals surface area (Å²) in [6, 6.07) is 0. The molecule has 0 atom stereocenters. The number of hydrogen-bond acceptors (Lipinski definition) is 0. The fourth-order valence-corrected chi connectivity index (χ4v) is 2.13. The summed E-state index contributed by atoms with van der Waals surface area (Å²) in [6.45, 7) is 4.44. The molecule has 0 saturated carbocycles. The first kappa shape index (κ1) is 7.60. The lowest BCUT2D eigenvalue weighted by molar-refractivity contribution is 0.589. The van der Waals surface area contributed by atoms with Gasteiger partial charge < -0.3 is 0 Å². The van der Waals surface area contributed by atoms with Crippen LogP contribution < -0.4 is 0 Å². The monoisotopic (exact) mass is 158 g/mol. The van der Waals surface area contributed by atoms with Crippen LogP contribution in [-0.2, 0) is 0 Å². The molecule has 0 saturated heterocycles. The number of rotatable bonds is 0. The third-order valence-electron chi connectivity index (χ3n) is 2.75. The average molecular weight is 158 g/mol. The summed E-state index contributed by atoms with van der Waals surface area (Å²) >= 11 is 0. The third kappa shape index (κ3) is 1.08. The van der Waals surface area contributed by atoms with Crippen molar-refractivity contribution in [2.75, 3.05) is 0 Å². The highest BCUT2D eigenvalue weighted by Crippen LogP contribution is 2.35. The summed E-state index contributed by atoms with van der Waals surface area (Å²) in [6.07, 6.45) is 13.3. The predicted molar refractivity (Wildman–Crippen MR) is 52.8 cm³/mol. The normalized spacial score (nSPS) is 32.5. The van der Waals surface area contributed by atoms with Crippen LogP contribution in [0.5, 0.6) is 0 Å². The molecule has 0 radical (unpaired) electrons. The standard InChI is InChI=1S/C12H14/c1-9-5-3-7-11-8-4-6-10(2)12(9)11/h3-8,11-12H,1-2H3. The van der Waals surface area contributed by atoms with E-state index in [2.05, 4.69) is 50.3 Å². The van der Waals surface area contributed by atoms with Gasteiger partial charge in [0.25, 0.3) is 0 Å². The van der Waals surface area contributed by atoms with Crippen LogP contribution in [0.25, 0.3) is 0 Å². The van der Waals surface area contributed by atoms with E-state index in [4.69, 9.17) is 0 Å². The fourth-order valence-electron chi connectivity index (χ4n) is 2.13. The lowest BCUT2D eigenvalue weighted by atomic mass is 9.76. The molecule has 0 aromatic carbocycles. The highest BCUT2D eigenvalue weighted by molar-refractivity contribution is 5.36. The van der Waals surface area contributed by atoms with Gasteiger partial charge in [-0.2, -0.15) is 0 Å². The molecule has 62 valence electrons. The van der Waals surface area contributed by atoms with Crippen LogP contribution in [0.1, 0.15) is 13.8 Å². The number of allylic oxidation sites excluding steroid dienone is 8. The molecule has 2 aliphatic carbocycles. The van der Waals surface area contributed by atoms with Gasteiger partial charge in [-0.25, -0.2) is 0 Å². The largest absolute Gasteiger partial charge is 0.0767 e. The van der Waals surface area contributed by atoms with Crippen molar-refractivity contribution in [1.29, 1.82) is 0 Å². The van der Waals surface area contributed by atoms with Crippen LogP contribution in [0.2, 0.25) is 0 Å². The van der Waals surface area contributed by atoms with Gasteiger partial charge >= 0.3 is 0 Å². The van der Waals surface area contributed by atoms with Gasteiger partial charge in [-0.1, -0.05) is 47.6 Å². The Morgan fingerprint density at radius 3 is 1.83 bits per heavy atom. The summed E-state index contributed by atoms with van der Waals surface area (Å²) in [5.74, 6) is 1.25. The van der Waals surface area contributed by atoms with Crippen molar-refractivity contribution >= 4 is 0 Å². The highest BCUT2D eigenvalue weighted by atomic mass is 14.3. The van der Waals surface area contributed by atoms with Crippen LogP contribution >= 0.6 is 0 Å². The molecule has 0 heterocycles. The summed E-state index contributed by atoms with van der Waals surface area (Å²) in [5.41, 5.74) is 2.97. The molecule has 2 rings (SSSR count). The smallest absolute Gasteiger partial charge is 0.0105 e. The molecule has 0 fully saturated rings. The zero-order valence-corrected chi connectivity index (χ0v) is 7.62. The first-order valence-electron chi connectivity index (χ1n) is 4.49. The lowest BCUT2D eigenvalue weighted by Gasteiger charge is -2.28. The average Bonchev–Trinajstić information content (AvgIpc) is 2.04. The maximum Gasteiger partial charge on any atom is 0.0105 e. The minimum Gasteiger partial charge on any atom is -0.0767 e. The molecule has 2 aliphatic rings. The Labute approximate surface area is 74.0 Å². The first-order chi connectivity index (χ1) is 5.79. The van der Waals surface area contributed by atoms with E-state index in [1.165, 1.54) is 11.1 Å². The Bertz CT molecular complexity index is 270. The van der Waals surface area contributed by atoms with E-state index in [1.54, 1.807) is 0 Å². The molecule has 0 bridgehead atoms. The molecule has 0 N–H and O–H groups in total. The van der Waals surface area contributed by atoms with Crippen LogP contribution in [0.15, 0.2) is 47.6 Å². The SMILES string of the molecule is CC1=CC=CC2C=CC=C(C)C12. The van der Waals surface area contributed by atoms with Gasteiger partial charge in [0.1, 0.15) is 0 Å². The summed E-state index contributed by atoms with van der Waals surface area (Å²) in [4.78, 5) is 0. The molecular formula is C12H14. The van der Waals surface area contributed by atoms with Crippen LogP contribution in [0.3, 0.4) is 0 Å². The predicted octanol–water partition coefficient (Wildman–Crippen LogP) is 3.25. The van der Waals surface area contributed by atoms with Crippen LogP contribution in [0, 0.1) is 11.8 Å². The van der Waals surface area contributed by atoms with Gasteiger partial charge in [-0.05, 0) is 13.8 Å². The second kappa shape index (κ2) is 2.78. The van der Waals surface area contributed by atoms with E-state index in [0.717, 1.165) is 0 Å². The second-order valence-electron chi connectivity index (χ2n) is 3.65. The molecule has 12 heavy (non-hydrogen) atoms. The molecule has 0 nitrogen and oxygen atoms in total. The van der Waals surface area contributed by atoms with Crippen molar-refractivity contribution in [1.82, 2.24) is 0 Å². The summed E-state index contributed by atoms with van der Waals surface area (Å²) in [7, 11) is 0.